The van der Waals surface area contributed by atoms with Gasteiger partial charge in [-0.25, -0.2) is 0 Å². The van der Waals surface area contributed by atoms with E-state index in [4.69, 9.17) is 0 Å². The molecule has 0 atom stereocenters. The Kier molecular flexibility index (Phi) is 6.28. The average molecular weight is 351 g/mol. The van der Waals surface area contributed by atoms with E-state index in [0.717, 1.165) is 11.1 Å². The van der Waals surface area contributed by atoms with Crippen molar-refractivity contribution in [1.29, 1.82) is 0 Å². The van der Waals surface area contributed by atoms with Crippen LogP contribution in [0.15, 0.2) is 60.4 Å². The van der Waals surface area contributed by atoms with Gasteiger partial charge in [-0.05, 0) is 42.2 Å². The third-order valence-corrected chi connectivity index (χ3v) is 4.10. The topological polar surface area (TPSA) is 71.1 Å². The Morgan fingerprint density at radius 1 is 1.15 bits per heavy atom. The van der Waals surface area contributed by atoms with Gasteiger partial charge < -0.3 is 10.6 Å². The molecule has 1 heterocycles. The molecular formula is C21H25N3O2. The molecule has 0 bridgehead atoms. The second-order valence-corrected chi connectivity index (χ2v) is 7.19. The van der Waals surface area contributed by atoms with E-state index in [1.165, 1.54) is 6.20 Å². The fourth-order valence-electron chi connectivity index (χ4n) is 2.13. The normalized spacial score (nSPS) is 11.8. The number of carbonyl (C=O) groups excluding carboxylic acids is 2. The highest BCUT2D eigenvalue weighted by molar-refractivity contribution is 5.99. The van der Waals surface area contributed by atoms with Crippen LogP contribution in [-0.2, 0) is 11.3 Å². The number of hydrogen-bond donors (Lipinski definition) is 2. The van der Waals surface area contributed by atoms with Crippen molar-refractivity contribution in [3.63, 3.8) is 0 Å². The van der Waals surface area contributed by atoms with Crippen LogP contribution in [0.1, 0.15) is 43.6 Å². The summed E-state index contributed by atoms with van der Waals surface area (Å²) in [6.45, 7) is 8.52. The van der Waals surface area contributed by atoms with Crippen LogP contribution < -0.4 is 10.6 Å². The van der Waals surface area contributed by atoms with E-state index in [-0.39, 0.29) is 17.2 Å². The molecule has 0 spiro atoms. The van der Waals surface area contributed by atoms with Gasteiger partial charge in [0.2, 0.25) is 5.91 Å². The predicted octanol–water partition coefficient (Wildman–Crippen LogP) is 3.94. The van der Waals surface area contributed by atoms with E-state index >= 15 is 0 Å². The molecule has 0 saturated carbocycles. The number of allylic oxidation sites excluding steroid dienone is 1. The standard InChI is InChI=1S/C21H25N3O2/c1-15(21(2,3)4)11-19(25)24-18-9-5-7-16(12-18)13-23-20(26)17-8-6-10-22-14-17/h5-12,14H,13H2,1-4H3,(H,23,26)(H,24,25)/b15-11+. The molecule has 1 aromatic carbocycles. The molecule has 26 heavy (non-hydrogen) atoms. The van der Waals surface area contributed by atoms with Gasteiger partial charge in [0, 0.05) is 30.7 Å². The van der Waals surface area contributed by atoms with E-state index in [2.05, 4.69) is 36.4 Å². The van der Waals surface area contributed by atoms with Crippen molar-refractivity contribution in [2.24, 2.45) is 5.41 Å². The number of nitrogens with one attached hydrogen (secondary N) is 2. The third kappa shape index (κ3) is 5.84. The summed E-state index contributed by atoms with van der Waals surface area (Å²) >= 11 is 0. The lowest BCUT2D eigenvalue weighted by atomic mass is 9.87. The summed E-state index contributed by atoms with van der Waals surface area (Å²) in [6.07, 6.45) is 4.77. The second kappa shape index (κ2) is 8.43. The Labute approximate surface area is 154 Å². The lowest BCUT2D eigenvalue weighted by Gasteiger charge is -2.19. The van der Waals surface area contributed by atoms with Crippen LogP contribution in [0.25, 0.3) is 0 Å². The van der Waals surface area contributed by atoms with Crippen LogP contribution in [-0.4, -0.2) is 16.8 Å². The zero-order valence-corrected chi connectivity index (χ0v) is 15.7. The van der Waals surface area contributed by atoms with Crippen molar-refractivity contribution < 1.29 is 9.59 Å². The molecule has 0 aliphatic carbocycles. The second-order valence-electron chi connectivity index (χ2n) is 7.19. The van der Waals surface area contributed by atoms with Crippen LogP contribution in [0.5, 0.6) is 0 Å². The first kappa shape index (κ1) is 19.4. The molecule has 2 amide bonds. The highest BCUT2D eigenvalue weighted by Gasteiger charge is 2.14. The van der Waals surface area contributed by atoms with Crippen LogP contribution in [0, 0.1) is 5.41 Å². The lowest BCUT2D eigenvalue weighted by Crippen LogP contribution is -2.23. The van der Waals surface area contributed by atoms with Gasteiger partial charge in [0.25, 0.3) is 5.91 Å². The SMILES string of the molecule is C/C(=C\C(=O)Nc1cccc(CNC(=O)c2cccnc2)c1)C(C)(C)C. The fraction of sp³-hybridized carbons (Fsp3) is 0.286. The minimum absolute atomic E-state index is 0.0459. The maximum Gasteiger partial charge on any atom is 0.253 e. The molecule has 0 radical (unpaired) electrons. The molecule has 0 aliphatic rings. The molecule has 5 nitrogen and oxygen atoms in total. The first-order valence-corrected chi connectivity index (χ1v) is 8.52. The first-order valence-electron chi connectivity index (χ1n) is 8.52. The summed E-state index contributed by atoms with van der Waals surface area (Å²) < 4.78 is 0. The van der Waals surface area contributed by atoms with E-state index in [1.54, 1.807) is 24.4 Å². The maximum absolute atomic E-state index is 12.2. The quantitative estimate of drug-likeness (QED) is 0.802. The van der Waals surface area contributed by atoms with E-state index in [1.807, 2.05) is 31.2 Å². The predicted molar refractivity (Wildman–Crippen MR) is 104 cm³/mol. The molecule has 0 fully saturated rings. The van der Waals surface area contributed by atoms with Gasteiger partial charge in [0.15, 0.2) is 0 Å². The molecule has 136 valence electrons. The Morgan fingerprint density at radius 3 is 2.58 bits per heavy atom. The van der Waals surface area contributed by atoms with E-state index in [0.29, 0.717) is 17.8 Å². The van der Waals surface area contributed by atoms with Gasteiger partial charge in [-0.15, -0.1) is 0 Å². The Morgan fingerprint density at radius 2 is 1.92 bits per heavy atom. The molecule has 2 rings (SSSR count). The molecule has 1 aromatic heterocycles. The van der Waals surface area contributed by atoms with Gasteiger partial charge in [-0.1, -0.05) is 38.5 Å². The maximum atomic E-state index is 12.2. The van der Waals surface area contributed by atoms with Gasteiger partial charge in [-0.2, -0.15) is 0 Å². The Balaban J connectivity index is 1.97. The molecule has 2 N–H and O–H groups in total. The highest BCUT2D eigenvalue weighted by Crippen LogP contribution is 2.24. The third-order valence-electron chi connectivity index (χ3n) is 4.10. The zero-order valence-electron chi connectivity index (χ0n) is 15.7. The van der Waals surface area contributed by atoms with E-state index < -0.39 is 0 Å². The molecule has 5 heteroatoms. The van der Waals surface area contributed by atoms with Crippen molar-refractivity contribution in [2.75, 3.05) is 5.32 Å². The van der Waals surface area contributed by atoms with Crippen molar-refractivity contribution in [1.82, 2.24) is 10.3 Å². The monoisotopic (exact) mass is 351 g/mol. The first-order chi connectivity index (χ1) is 12.3. The zero-order chi connectivity index (χ0) is 19.2. The number of rotatable bonds is 5. The van der Waals surface area contributed by atoms with Crippen LogP contribution in [0.4, 0.5) is 5.69 Å². The van der Waals surface area contributed by atoms with E-state index in [9.17, 15) is 9.59 Å². The largest absolute Gasteiger partial charge is 0.348 e. The Hall–Kier alpha value is -2.95. The summed E-state index contributed by atoms with van der Waals surface area (Å²) in [5.74, 6) is -0.342. The molecular weight excluding hydrogens is 326 g/mol. The number of carbonyl (C=O) groups is 2. The average Bonchev–Trinajstić information content (AvgIpc) is 2.60. The van der Waals surface area contributed by atoms with Crippen molar-refractivity contribution in [3.05, 3.63) is 71.6 Å². The minimum atomic E-state index is -0.184. The van der Waals surface area contributed by atoms with Crippen molar-refractivity contribution in [2.45, 2.75) is 34.2 Å². The molecule has 0 unspecified atom stereocenters. The number of aromatic nitrogens is 1. The number of amides is 2. The number of anilines is 1. The number of benzene rings is 1. The van der Waals surface area contributed by atoms with Crippen LogP contribution in [0.3, 0.4) is 0 Å². The fourth-order valence-corrected chi connectivity index (χ4v) is 2.13. The Bertz CT molecular complexity index is 806. The van der Waals surface area contributed by atoms with Gasteiger partial charge in [-0.3, -0.25) is 14.6 Å². The van der Waals surface area contributed by atoms with Crippen molar-refractivity contribution in [3.8, 4) is 0 Å². The smallest absolute Gasteiger partial charge is 0.253 e. The van der Waals surface area contributed by atoms with Crippen molar-refractivity contribution >= 4 is 17.5 Å². The van der Waals surface area contributed by atoms with Gasteiger partial charge in [0.1, 0.15) is 0 Å². The summed E-state index contributed by atoms with van der Waals surface area (Å²) in [5, 5.41) is 5.71. The summed E-state index contributed by atoms with van der Waals surface area (Å²) in [4.78, 5) is 28.2. The molecule has 0 saturated heterocycles. The van der Waals surface area contributed by atoms with Crippen LogP contribution >= 0.6 is 0 Å². The summed E-state index contributed by atoms with van der Waals surface area (Å²) in [7, 11) is 0. The molecule has 2 aromatic rings. The highest BCUT2D eigenvalue weighted by atomic mass is 16.2. The number of hydrogen-bond acceptors (Lipinski definition) is 3. The van der Waals surface area contributed by atoms with Gasteiger partial charge >= 0.3 is 0 Å². The van der Waals surface area contributed by atoms with Crippen LogP contribution in [0.2, 0.25) is 0 Å². The lowest BCUT2D eigenvalue weighted by molar-refractivity contribution is -0.112. The summed E-state index contributed by atoms with van der Waals surface area (Å²) in [6, 6.07) is 10.9. The number of nitrogens with zero attached hydrogens (tertiary/aromatic N) is 1. The minimum Gasteiger partial charge on any atom is -0.348 e. The summed E-state index contributed by atoms with van der Waals surface area (Å²) in [5.41, 5.74) is 3.07. The molecule has 0 aliphatic heterocycles. The number of pyridine rings is 1. The van der Waals surface area contributed by atoms with Gasteiger partial charge in [0.05, 0.1) is 5.56 Å².